The summed E-state index contributed by atoms with van der Waals surface area (Å²) >= 11 is 6.09. The first-order valence-electron chi connectivity index (χ1n) is 7.42. The molecule has 114 valence electrons. The van der Waals surface area contributed by atoms with Gasteiger partial charge in [-0.15, -0.1) is 0 Å². The van der Waals surface area contributed by atoms with Gasteiger partial charge < -0.3 is 14.8 Å². The molecule has 0 saturated carbocycles. The third kappa shape index (κ3) is 6.12. The molecule has 0 aliphatic heterocycles. The third-order valence-electron chi connectivity index (χ3n) is 2.97. The fourth-order valence-electron chi connectivity index (χ4n) is 1.92. The Morgan fingerprint density at radius 1 is 1.15 bits per heavy atom. The fraction of sp³-hybridized carbons (Fsp3) is 0.625. The standard InChI is InChI=1S/C16H26ClNO2/c1-4-8-18-13(3)15-12-14(17)6-7-16(15)20-11-10-19-9-5-2/h6-7,12-13,18H,4-5,8-11H2,1-3H3. The second kappa shape index (κ2) is 10.0. The zero-order valence-corrected chi connectivity index (χ0v) is 13.5. The number of rotatable bonds is 10. The van der Waals surface area contributed by atoms with Crippen LogP contribution in [0.15, 0.2) is 18.2 Å². The predicted molar refractivity (Wildman–Crippen MR) is 84.8 cm³/mol. The average molecular weight is 300 g/mol. The van der Waals surface area contributed by atoms with Gasteiger partial charge in [-0.25, -0.2) is 0 Å². The molecular weight excluding hydrogens is 274 g/mol. The molecule has 4 heteroatoms. The van der Waals surface area contributed by atoms with Crippen LogP contribution in [0, 0.1) is 0 Å². The van der Waals surface area contributed by atoms with Crippen LogP contribution in [0.2, 0.25) is 5.02 Å². The number of nitrogens with one attached hydrogen (secondary N) is 1. The number of ether oxygens (including phenoxy) is 2. The maximum absolute atomic E-state index is 6.09. The molecule has 0 aliphatic carbocycles. The predicted octanol–water partition coefficient (Wildman–Crippen LogP) is 4.21. The summed E-state index contributed by atoms with van der Waals surface area (Å²) in [6.45, 7) is 9.32. The maximum atomic E-state index is 6.09. The van der Waals surface area contributed by atoms with Gasteiger partial charge in [-0.2, -0.15) is 0 Å². The molecule has 1 N–H and O–H groups in total. The Balaban J connectivity index is 2.59. The van der Waals surface area contributed by atoms with E-state index in [1.54, 1.807) is 0 Å². The molecule has 1 atom stereocenters. The number of benzene rings is 1. The van der Waals surface area contributed by atoms with E-state index >= 15 is 0 Å². The SMILES string of the molecule is CCCNC(C)c1cc(Cl)ccc1OCCOCCC. The van der Waals surface area contributed by atoms with Crippen molar-refractivity contribution in [1.29, 1.82) is 0 Å². The lowest BCUT2D eigenvalue weighted by Gasteiger charge is -2.18. The molecule has 1 rings (SSSR count). The molecule has 1 unspecified atom stereocenters. The lowest BCUT2D eigenvalue weighted by molar-refractivity contribution is 0.100. The summed E-state index contributed by atoms with van der Waals surface area (Å²) in [5.41, 5.74) is 1.10. The van der Waals surface area contributed by atoms with E-state index < -0.39 is 0 Å². The van der Waals surface area contributed by atoms with E-state index in [-0.39, 0.29) is 6.04 Å². The summed E-state index contributed by atoms with van der Waals surface area (Å²) in [5.74, 6) is 0.880. The second-order valence-corrected chi connectivity index (χ2v) is 5.26. The van der Waals surface area contributed by atoms with Gasteiger partial charge in [-0.05, 0) is 44.5 Å². The van der Waals surface area contributed by atoms with Crippen molar-refractivity contribution in [2.24, 2.45) is 0 Å². The normalized spacial score (nSPS) is 12.4. The van der Waals surface area contributed by atoms with Crippen molar-refractivity contribution in [3.05, 3.63) is 28.8 Å². The molecule has 0 amide bonds. The molecular formula is C16H26ClNO2. The highest BCUT2D eigenvalue weighted by Gasteiger charge is 2.11. The summed E-state index contributed by atoms with van der Waals surface area (Å²) in [5, 5.41) is 4.19. The van der Waals surface area contributed by atoms with Crippen LogP contribution in [0.1, 0.15) is 45.2 Å². The van der Waals surface area contributed by atoms with Gasteiger partial charge in [-0.3, -0.25) is 0 Å². The molecule has 0 aliphatic rings. The van der Waals surface area contributed by atoms with Crippen molar-refractivity contribution < 1.29 is 9.47 Å². The highest BCUT2D eigenvalue weighted by atomic mass is 35.5. The van der Waals surface area contributed by atoms with Gasteiger partial charge in [0.2, 0.25) is 0 Å². The summed E-state index contributed by atoms with van der Waals surface area (Å²) in [6, 6.07) is 5.98. The van der Waals surface area contributed by atoms with Crippen molar-refractivity contribution in [3.8, 4) is 5.75 Å². The first-order chi connectivity index (χ1) is 9.69. The van der Waals surface area contributed by atoms with E-state index in [0.29, 0.717) is 13.2 Å². The number of hydrogen-bond acceptors (Lipinski definition) is 3. The molecule has 1 aromatic rings. The molecule has 0 bridgehead atoms. The Bertz CT molecular complexity index is 385. The smallest absolute Gasteiger partial charge is 0.124 e. The maximum Gasteiger partial charge on any atom is 0.124 e. The van der Waals surface area contributed by atoms with Crippen LogP contribution in [-0.2, 0) is 4.74 Å². The van der Waals surface area contributed by atoms with Gasteiger partial charge in [0.05, 0.1) is 6.61 Å². The van der Waals surface area contributed by atoms with Crippen molar-refractivity contribution in [3.63, 3.8) is 0 Å². The summed E-state index contributed by atoms with van der Waals surface area (Å²) in [6.07, 6.45) is 2.14. The second-order valence-electron chi connectivity index (χ2n) is 4.82. The van der Waals surface area contributed by atoms with Gasteiger partial charge >= 0.3 is 0 Å². The summed E-state index contributed by atoms with van der Waals surface area (Å²) < 4.78 is 11.2. The zero-order valence-electron chi connectivity index (χ0n) is 12.7. The van der Waals surface area contributed by atoms with Crippen LogP contribution >= 0.6 is 11.6 Å². The van der Waals surface area contributed by atoms with Gasteiger partial charge in [0.25, 0.3) is 0 Å². The van der Waals surface area contributed by atoms with Gasteiger partial charge in [0.1, 0.15) is 12.4 Å². The molecule has 20 heavy (non-hydrogen) atoms. The van der Waals surface area contributed by atoms with Crippen LogP contribution in [0.5, 0.6) is 5.75 Å². The lowest BCUT2D eigenvalue weighted by atomic mass is 10.1. The first-order valence-corrected chi connectivity index (χ1v) is 7.80. The van der Waals surface area contributed by atoms with Crippen molar-refractivity contribution in [2.75, 3.05) is 26.4 Å². The van der Waals surface area contributed by atoms with Crippen LogP contribution in [-0.4, -0.2) is 26.4 Å². The highest BCUT2D eigenvalue weighted by Crippen LogP contribution is 2.28. The molecule has 0 spiro atoms. The third-order valence-corrected chi connectivity index (χ3v) is 3.21. The molecule has 1 aromatic carbocycles. The largest absolute Gasteiger partial charge is 0.491 e. The van der Waals surface area contributed by atoms with Crippen LogP contribution in [0.4, 0.5) is 0 Å². The lowest BCUT2D eigenvalue weighted by Crippen LogP contribution is -2.20. The minimum atomic E-state index is 0.222. The molecule has 3 nitrogen and oxygen atoms in total. The van der Waals surface area contributed by atoms with E-state index in [2.05, 4.69) is 26.1 Å². The van der Waals surface area contributed by atoms with E-state index in [1.165, 1.54) is 0 Å². The van der Waals surface area contributed by atoms with Gasteiger partial charge in [0, 0.05) is 23.2 Å². The molecule has 0 radical (unpaired) electrons. The number of hydrogen-bond donors (Lipinski definition) is 1. The Morgan fingerprint density at radius 3 is 2.65 bits per heavy atom. The molecule has 0 aromatic heterocycles. The Kier molecular flexibility index (Phi) is 8.67. The molecule has 0 saturated heterocycles. The van der Waals surface area contributed by atoms with Crippen molar-refractivity contribution in [2.45, 2.75) is 39.7 Å². The fourth-order valence-corrected chi connectivity index (χ4v) is 2.10. The minimum Gasteiger partial charge on any atom is -0.491 e. The van der Waals surface area contributed by atoms with Crippen LogP contribution in [0.3, 0.4) is 0 Å². The quantitative estimate of drug-likeness (QED) is 0.657. The number of halogens is 1. The van der Waals surface area contributed by atoms with Gasteiger partial charge in [-0.1, -0.05) is 25.4 Å². The van der Waals surface area contributed by atoms with E-state index in [4.69, 9.17) is 21.1 Å². The van der Waals surface area contributed by atoms with Crippen molar-refractivity contribution in [1.82, 2.24) is 5.32 Å². The van der Waals surface area contributed by atoms with E-state index in [1.807, 2.05) is 18.2 Å². The molecule has 0 fully saturated rings. The van der Waals surface area contributed by atoms with E-state index in [9.17, 15) is 0 Å². The first kappa shape index (κ1) is 17.3. The summed E-state index contributed by atoms with van der Waals surface area (Å²) in [7, 11) is 0. The minimum absolute atomic E-state index is 0.222. The average Bonchev–Trinajstić information content (AvgIpc) is 2.45. The Hall–Kier alpha value is -0.770. The monoisotopic (exact) mass is 299 g/mol. The van der Waals surface area contributed by atoms with Crippen LogP contribution < -0.4 is 10.1 Å². The topological polar surface area (TPSA) is 30.5 Å². The van der Waals surface area contributed by atoms with Crippen molar-refractivity contribution >= 4 is 11.6 Å². The van der Waals surface area contributed by atoms with E-state index in [0.717, 1.165) is 42.3 Å². The zero-order chi connectivity index (χ0) is 14.8. The Labute approximate surface area is 127 Å². The molecule has 0 heterocycles. The highest BCUT2D eigenvalue weighted by molar-refractivity contribution is 6.30. The Morgan fingerprint density at radius 2 is 1.95 bits per heavy atom. The summed E-state index contributed by atoms with van der Waals surface area (Å²) in [4.78, 5) is 0. The van der Waals surface area contributed by atoms with Gasteiger partial charge in [0.15, 0.2) is 0 Å². The van der Waals surface area contributed by atoms with Crippen LogP contribution in [0.25, 0.3) is 0 Å².